The fraction of sp³-hybridized carbons (Fsp3) is 0.130. The van der Waals surface area contributed by atoms with Crippen LogP contribution in [0.1, 0.15) is 22.5 Å². The average molecular weight is 457 g/mol. The number of carbonyl (C=O) groups excluding carboxylic acids is 2. The van der Waals surface area contributed by atoms with Crippen LogP contribution in [0.15, 0.2) is 53.4 Å². The number of rotatable bonds is 3. The summed E-state index contributed by atoms with van der Waals surface area (Å²) in [5, 5.41) is 0.881. The van der Waals surface area contributed by atoms with Crippen LogP contribution in [-0.4, -0.2) is 15.7 Å². The van der Waals surface area contributed by atoms with E-state index in [9.17, 15) is 9.59 Å². The van der Waals surface area contributed by atoms with Gasteiger partial charge in [0, 0.05) is 27.1 Å². The predicted molar refractivity (Wildman–Crippen MR) is 125 cm³/mol. The maximum absolute atomic E-state index is 12.9. The van der Waals surface area contributed by atoms with Crippen LogP contribution in [0, 0.1) is 20.8 Å². The molecule has 3 aromatic rings. The Labute approximate surface area is 189 Å². The van der Waals surface area contributed by atoms with Gasteiger partial charge in [0.05, 0.1) is 10.6 Å². The number of thioether (sulfide) groups is 1. The van der Waals surface area contributed by atoms with Gasteiger partial charge >= 0.3 is 0 Å². The average Bonchev–Trinajstić information content (AvgIpc) is 3.13. The smallest absolute Gasteiger partial charge is 0.298 e. The van der Waals surface area contributed by atoms with E-state index in [1.54, 1.807) is 30.3 Å². The first-order valence-electron chi connectivity index (χ1n) is 9.25. The molecule has 0 N–H and O–H groups in total. The van der Waals surface area contributed by atoms with Gasteiger partial charge in [-0.2, -0.15) is 0 Å². The van der Waals surface area contributed by atoms with E-state index in [1.165, 1.54) is 4.90 Å². The van der Waals surface area contributed by atoms with Gasteiger partial charge < -0.3 is 4.57 Å². The molecule has 1 aliphatic heterocycles. The molecule has 1 saturated heterocycles. The van der Waals surface area contributed by atoms with E-state index >= 15 is 0 Å². The zero-order chi connectivity index (χ0) is 21.6. The largest absolute Gasteiger partial charge is 0.318 e. The summed E-state index contributed by atoms with van der Waals surface area (Å²) in [6.07, 6.45) is 1.78. The number of halogens is 2. The standard InChI is InChI=1S/C23H18Cl2N2O2S/c1-13-4-5-18(25)12-20(13)26-14(2)10-16(15(26)3)11-21-22(28)27(23(29)30-21)19-8-6-17(24)7-9-19/h4-12H,1-3H3/b21-11+. The summed E-state index contributed by atoms with van der Waals surface area (Å²) >= 11 is 13.1. The van der Waals surface area contributed by atoms with Crippen LogP contribution in [0.3, 0.4) is 0 Å². The first-order chi connectivity index (χ1) is 14.3. The van der Waals surface area contributed by atoms with E-state index in [4.69, 9.17) is 23.2 Å². The number of aryl methyl sites for hydroxylation is 2. The second kappa shape index (κ2) is 7.99. The highest BCUT2D eigenvalue weighted by Gasteiger charge is 2.36. The minimum atomic E-state index is -0.337. The van der Waals surface area contributed by atoms with Crippen molar-refractivity contribution in [1.82, 2.24) is 4.57 Å². The summed E-state index contributed by atoms with van der Waals surface area (Å²) in [7, 11) is 0. The molecule has 30 heavy (non-hydrogen) atoms. The Morgan fingerprint density at radius 3 is 2.27 bits per heavy atom. The molecule has 0 saturated carbocycles. The van der Waals surface area contributed by atoms with Crippen LogP contribution in [0.4, 0.5) is 10.5 Å². The first kappa shape index (κ1) is 20.8. The number of amides is 2. The number of imide groups is 1. The van der Waals surface area contributed by atoms with Crippen molar-refractivity contribution in [2.45, 2.75) is 20.8 Å². The molecule has 0 radical (unpaired) electrons. The Balaban J connectivity index is 1.72. The molecular weight excluding hydrogens is 439 g/mol. The van der Waals surface area contributed by atoms with Gasteiger partial charge in [-0.05, 0) is 92.2 Å². The summed E-state index contributed by atoms with van der Waals surface area (Å²) < 4.78 is 2.11. The van der Waals surface area contributed by atoms with Crippen LogP contribution in [0.2, 0.25) is 10.0 Å². The number of nitrogens with zero attached hydrogens (tertiary/aromatic N) is 2. The van der Waals surface area contributed by atoms with E-state index in [-0.39, 0.29) is 11.1 Å². The summed E-state index contributed by atoms with van der Waals surface area (Å²) in [5.74, 6) is -0.337. The van der Waals surface area contributed by atoms with E-state index in [1.807, 2.05) is 45.0 Å². The highest BCUT2D eigenvalue weighted by Crippen LogP contribution is 2.37. The molecule has 0 unspecified atom stereocenters. The molecular formula is C23H18Cl2N2O2S. The maximum Gasteiger partial charge on any atom is 0.298 e. The van der Waals surface area contributed by atoms with Crippen molar-refractivity contribution < 1.29 is 9.59 Å². The molecule has 7 heteroatoms. The molecule has 1 aromatic heterocycles. The molecule has 1 aliphatic rings. The summed E-state index contributed by atoms with van der Waals surface area (Å²) in [4.78, 5) is 27.0. The van der Waals surface area contributed by atoms with Crippen LogP contribution in [-0.2, 0) is 4.79 Å². The number of aromatic nitrogens is 1. The van der Waals surface area contributed by atoms with Gasteiger partial charge in [-0.15, -0.1) is 0 Å². The number of hydrogen-bond acceptors (Lipinski definition) is 3. The number of anilines is 1. The van der Waals surface area contributed by atoms with Crippen LogP contribution in [0.5, 0.6) is 0 Å². The van der Waals surface area contributed by atoms with Crippen molar-refractivity contribution >= 4 is 57.9 Å². The van der Waals surface area contributed by atoms with E-state index < -0.39 is 0 Å². The van der Waals surface area contributed by atoms with Gasteiger partial charge in [0.2, 0.25) is 0 Å². The predicted octanol–water partition coefficient (Wildman–Crippen LogP) is 6.95. The maximum atomic E-state index is 12.9. The minimum absolute atomic E-state index is 0.326. The van der Waals surface area contributed by atoms with Gasteiger partial charge in [-0.25, -0.2) is 4.90 Å². The normalized spacial score (nSPS) is 15.5. The number of carbonyl (C=O) groups is 2. The van der Waals surface area contributed by atoms with Crippen molar-refractivity contribution in [1.29, 1.82) is 0 Å². The summed E-state index contributed by atoms with van der Waals surface area (Å²) in [6.45, 7) is 6.02. The molecule has 152 valence electrons. The van der Waals surface area contributed by atoms with Gasteiger partial charge in [0.25, 0.3) is 11.1 Å². The zero-order valence-electron chi connectivity index (χ0n) is 16.6. The van der Waals surface area contributed by atoms with Gasteiger partial charge in [0.1, 0.15) is 0 Å². The lowest BCUT2D eigenvalue weighted by Crippen LogP contribution is -2.27. The lowest BCUT2D eigenvalue weighted by Gasteiger charge is -2.13. The Hall–Kier alpha value is -2.47. The van der Waals surface area contributed by atoms with Crippen molar-refractivity contribution in [3.63, 3.8) is 0 Å². The fourth-order valence-electron chi connectivity index (χ4n) is 3.55. The molecule has 0 spiro atoms. The molecule has 2 aromatic carbocycles. The Kier molecular flexibility index (Phi) is 5.53. The molecule has 2 heterocycles. The van der Waals surface area contributed by atoms with Crippen molar-refractivity contribution in [2.75, 3.05) is 4.90 Å². The van der Waals surface area contributed by atoms with E-state index in [2.05, 4.69) is 4.57 Å². The third-order valence-corrected chi connectivity index (χ3v) is 6.40. The van der Waals surface area contributed by atoms with Crippen molar-refractivity contribution in [3.8, 4) is 5.69 Å². The second-order valence-corrected chi connectivity index (χ2v) is 8.95. The monoisotopic (exact) mass is 456 g/mol. The van der Waals surface area contributed by atoms with Crippen LogP contribution < -0.4 is 4.90 Å². The molecule has 4 rings (SSSR count). The SMILES string of the molecule is Cc1ccc(Cl)cc1-n1c(C)cc(/C=C2/SC(=O)N(c3ccc(Cl)cc3)C2=O)c1C. The Morgan fingerprint density at radius 2 is 1.57 bits per heavy atom. The van der Waals surface area contributed by atoms with Crippen molar-refractivity contribution in [3.05, 3.63) is 86.0 Å². The molecule has 0 atom stereocenters. The number of hydrogen-bond donors (Lipinski definition) is 0. The van der Waals surface area contributed by atoms with Gasteiger partial charge in [0.15, 0.2) is 0 Å². The number of benzene rings is 2. The first-order valence-corrected chi connectivity index (χ1v) is 10.8. The zero-order valence-corrected chi connectivity index (χ0v) is 18.9. The van der Waals surface area contributed by atoms with Crippen molar-refractivity contribution in [2.24, 2.45) is 0 Å². The molecule has 2 amide bonds. The van der Waals surface area contributed by atoms with E-state index in [0.717, 1.165) is 40.0 Å². The second-order valence-electron chi connectivity index (χ2n) is 7.09. The Bertz CT molecular complexity index is 1210. The minimum Gasteiger partial charge on any atom is -0.318 e. The van der Waals surface area contributed by atoms with E-state index in [0.29, 0.717) is 20.6 Å². The summed E-state index contributed by atoms with van der Waals surface area (Å²) in [5.41, 5.74) is 5.46. The molecule has 0 aliphatic carbocycles. The molecule has 4 nitrogen and oxygen atoms in total. The van der Waals surface area contributed by atoms with Crippen LogP contribution >= 0.6 is 35.0 Å². The Morgan fingerprint density at radius 1 is 0.900 bits per heavy atom. The summed E-state index contributed by atoms with van der Waals surface area (Å²) in [6, 6.07) is 14.4. The lowest BCUT2D eigenvalue weighted by atomic mass is 10.2. The highest BCUT2D eigenvalue weighted by atomic mass is 35.5. The van der Waals surface area contributed by atoms with Gasteiger partial charge in [-0.3, -0.25) is 9.59 Å². The topological polar surface area (TPSA) is 42.3 Å². The quantitative estimate of drug-likeness (QED) is 0.400. The van der Waals surface area contributed by atoms with Crippen LogP contribution in [0.25, 0.3) is 11.8 Å². The third-order valence-electron chi connectivity index (χ3n) is 5.05. The third kappa shape index (κ3) is 3.69. The van der Waals surface area contributed by atoms with Gasteiger partial charge in [-0.1, -0.05) is 29.3 Å². The fourth-order valence-corrected chi connectivity index (χ4v) is 4.67. The lowest BCUT2D eigenvalue weighted by molar-refractivity contribution is -0.113. The molecule has 1 fully saturated rings. The molecule has 0 bridgehead atoms. The highest BCUT2D eigenvalue weighted by molar-refractivity contribution is 8.19.